The predicted octanol–water partition coefficient (Wildman–Crippen LogP) is 1.22. The van der Waals surface area contributed by atoms with Crippen molar-refractivity contribution in [2.75, 3.05) is 13.1 Å². The third kappa shape index (κ3) is 2.74. The minimum Gasteiger partial charge on any atom is -0.325 e. The molecule has 1 aliphatic rings. The van der Waals surface area contributed by atoms with Crippen molar-refractivity contribution in [3.63, 3.8) is 0 Å². The molecule has 2 N–H and O–H groups in total. The third-order valence-corrected chi connectivity index (χ3v) is 4.93. The van der Waals surface area contributed by atoms with Crippen LogP contribution in [0.15, 0.2) is 29.2 Å². The van der Waals surface area contributed by atoms with E-state index in [4.69, 9.17) is 5.73 Å². The molecule has 18 heavy (non-hydrogen) atoms. The summed E-state index contributed by atoms with van der Waals surface area (Å²) in [4.78, 5) is 0.363. The highest BCUT2D eigenvalue weighted by atomic mass is 32.2. The third-order valence-electron chi connectivity index (χ3n) is 3.08. The van der Waals surface area contributed by atoms with Gasteiger partial charge in [-0.05, 0) is 30.0 Å². The molecule has 0 unspecified atom stereocenters. The summed E-state index contributed by atoms with van der Waals surface area (Å²) in [7, 11) is -3.33. The highest BCUT2D eigenvalue weighted by Crippen LogP contribution is 2.21. The second kappa shape index (κ2) is 4.99. The number of nitrogens with zero attached hydrogens (tertiary/aromatic N) is 1. The fraction of sp³-hybridized carbons (Fsp3) is 0.538. The maximum atomic E-state index is 12.2. The molecule has 1 fully saturated rings. The number of nitrogens with two attached hydrogens (primary N) is 1. The lowest BCUT2D eigenvalue weighted by molar-refractivity contribution is 0.265. The molecule has 0 amide bonds. The topological polar surface area (TPSA) is 63.4 Å². The van der Waals surface area contributed by atoms with Crippen LogP contribution < -0.4 is 5.73 Å². The number of rotatable bonds is 4. The van der Waals surface area contributed by atoms with Crippen molar-refractivity contribution in [1.82, 2.24) is 4.31 Å². The van der Waals surface area contributed by atoms with Crippen LogP contribution in [0.1, 0.15) is 19.4 Å². The molecular formula is C13H20N2O2S. The van der Waals surface area contributed by atoms with E-state index in [0.717, 1.165) is 6.42 Å². The Morgan fingerprint density at radius 2 is 1.83 bits per heavy atom. The molecule has 0 aliphatic carbocycles. The van der Waals surface area contributed by atoms with E-state index in [9.17, 15) is 8.42 Å². The van der Waals surface area contributed by atoms with Gasteiger partial charge in [0.1, 0.15) is 0 Å². The Labute approximate surface area is 109 Å². The summed E-state index contributed by atoms with van der Waals surface area (Å²) in [6.45, 7) is 5.14. The zero-order chi connectivity index (χ0) is 13.3. The van der Waals surface area contributed by atoms with Gasteiger partial charge in [0.05, 0.1) is 4.90 Å². The van der Waals surface area contributed by atoms with Crippen molar-refractivity contribution in [3.05, 3.63) is 29.8 Å². The normalized spacial score (nSPS) is 18.0. The van der Waals surface area contributed by atoms with Crippen LogP contribution in [0.2, 0.25) is 0 Å². The summed E-state index contributed by atoms with van der Waals surface area (Å²) in [6.07, 6.45) is 0.967. The first-order valence-corrected chi connectivity index (χ1v) is 7.68. The quantitative estimate of drug-likeness (QED) is 0.893. The first-order valence-electron chi connectivity index (χ1n) is 6.24. The second-order valence-electron chi connectivity index (χ2n) is 5.32. The summed E-state index contributed by atoms with van der Waals surface area (Å²) in [5.74, 6) is 0.570. The van der Waals surface area contributed by atoms with Crippen LogP contribution in [0, 0.1) is 5.92 Å². The highest BCUT2D eigenvalue weighted by Gasteiger charge is 2.34. The number of sulfonamides is 1. The Kier molecular flexibility index (Phi) is 3.75. The molecule has 4 nitrogen and oxygen atoms in total. The van der Waals surface area contributed by atoms with E-state index < -0.39 is 10.0 Å². The Morgan fingerprint density at radius 1 is 1.28 bits per heavy atom. The first-order chi connectivity index (χ1) is 8.39. The van der Waals surface area contributed by atoms with Crippen LogP contribution in [-0.2, 0) is 16.4 Å². The highest BCUT2D eigenvalue weighted by molar-refractivity contribution is 7.89. The SMILES string of the molecule is CC(C)Cc1ccc(S(=O)(=O)N2CC(N)C2)cc1. The minimum absolute atomic E-state index is 0.0139. The van der Waals surface area contributed by atoms with E-state index in [1.54, 1.807) is 12.1 Å². The standard InChI is InChI=1S/C13H20N2O2S/c1-10(2)7-11-3-5-13(6-4-11)18(16,17)15-8-12(14)9-15/h3-6,10,12H,7-9,14H2,1-2H3. The first kappa shape index (κ1) is 13.5. The van der Waals surface area contributed by atoms with E-state index in [2.05, 4.69) is 13.8 Å². The van der Waals surface area contributed by atoms with Crippen LogP contribution in [0.25, 0.3) is 0 Å². The Balaban J connectivity index is 2.14. The van der Waals surface area contributed by atoms with E-state index >= 15 is 0 Å². The van der Waals surface area contributed by atoms with Gasteiger partial charge in [-0.25, -0.2) is 8.42 Å². The van der Waals surface area contributed by atoms with Gasteiger partial charge in [0.15, 0.2) is 0 Å². The zero-order valence-corrected chi connectivity index (χ0v) is 11.7. The van der Waals surface area contributed by atoms with E-state index in [0.29, 0.717) is 23.9 Å². The van der Waals surface area contributed by atoms with Crippen LogP contribution in [0.5, 0.6) is 0 Å². The molecule has 1 heterocycles. The number of hydrogen-bond acceptors (Lipinski definition) is 3. The van der Waals surface area contributed by atoms with Crippen molar-refractivity contribution < 1.29 is 8.42 Å². The van der Waals surface area contributed by atoms with Crippen LogP contribution in [0.3, 0.4) is 0 Å². The predicted molar refractivity (Wildman–Crippen MR) is 71.7 cm³/mol. The largest absolute Gasteiger partial charge is 0.325 e. The lowest BCUT2D eigenvalue weighted by atomic mass is 10.0. The van der Waals surface area contributed by atoms with Gasteiger partial charge in [0.2, 0.25) is 10.0 Å². The smallest absolute Gasteiger partial charge is 0.243 e. The van der Waals surface area contributed by atoms with E-state index in [-0.39, 0.29) is 6.04 Å². The summed E-state index contributed by atoms with van der Waals surface area (Å²) in [5, 5.41) is 0. The molecule has 5 heteroatoms. The van der Waals surface area contributed by atoms with Crippen molar-refractivity contribution >= 4 is 10.0 Å². The van der Waals surface area contributed by atoms with Gasteiger partial charge in [0, 0.05) is 19.1 Å². The van der Waals surface area contributed by atoms with Gasteiger partial charge in [0.25, 0.3) is 0 Å². The summed E-state index contributed by atoms with van der Waals surface area (Å²) < 4.78 is 25.8. The molecule has 100 valence electrons. The summed E-state index contributed by atoms with van der Waals surface area (Å²) >= 11 is 0. The van der Waals surface area contributed by atoms with Gasteiger partial charge in [-0.15, -0.1) is 0 Å². The molecule has 0 aromatic heterocycles. The van der Waals surface area contributed by atoms with Crippen molar-refractivity contribution in [3.8, 4) is 0 Å². The molecule has 1 aromatic carbocycles. The number of hydrogen-bond donors (Lipinski definition) is 1. The maximum absolute atomic E-state index is 12.2. The van der Waals surface area contributed by atoms with Crippen molar-refractivity contribution in [2.45, 2.75) is 31.2 Å². The average Bonchev–Trinajstić information content (AvgIpc) is 2.24. The Morgan fingerprint density at radius 3 is 2.28 bits per heavy atom. The minimum atomic E-state index is -3.33. The fourth-order valence-electron chi connectivity index (χ4n) is 2.08. The lowest BCUT2D eigenvalue weighted by Gasteiger charge is -2.35. The molecule has 0 saturated carbocycles. The molecule has 2 rings (SSSR count). The van der Waals surface area contributed by atoms with Crippen LogP contribution >= 0.6 is 0 Å². The molecule has 1 aromatic rings. The molecule has 1 saturated heterocycles. The van der Waals surface area contributed by atoms with Gasteiger partial charge in [-0.1, -0.05) is 26.0 Å². The zero-order valence-electron chi connectivity index (χ0n) is 10.8. The van der Waals surface area contributed by atoms with Gasteiger partial charge in [-0.2, -0.15) is 4.31 Å². The average molecular weight is 268 g/mol. The Hall–Kier alpha value is -0.910. The molecule has 0 radical (unpaired) electrons. The molecule has 0 spiro atoms. The van der Waals surface area contributed by atoms with Crippen LogP contribution in [-0.4, -0.2) is 31.9 Å². The molecule has 0 bridgehead atoms. The van der Waals surface area contributed by atoms with Crippen molar-refractivity contribution in [1.29, 1.82) is 0 Å². The summed E-state index contributed by atoms with van der Waals surface area (Å²) in [6, 6.07) is 7.16. The Bertz CT molecular complexity index is 502. The van der Waals surface area contributed by atoms with Crippen molar-refractivity contribution in [2.24, 2.45) is 11.7 Å². The van der Waals surface area contributed by atoms with Crippen LogP contribution in [0.4, 0.5) is 0 Å². The second-order valence-corrected chi connectivity index (χ2v) is 7.26. The molecule has 1 aliphatic heterocycles. The maximum Gasteiger partial charge on any atom is 0.243 e. The number of benzene rings is 1. The van der Waals surface area contributed by atoms with E-state index in [1.807, 2.05) is 12.1 Å². The fourth-order valence-corrected chi connectivity index (χ4v) is 3.64. The summed E-state index contributed by atoms with van der Waals surface area (Å²) in [5.41, 5.74) is 6.79. The van der Waals surface area contributed by atoms with Gasteiger partial charge >= 0.3 is 0 Å². The van der Waals surface area contributed by atoms with E-state index in [1.165, 1.54) is 9.87 Å². The van der Waals surface area contributed by atoms with Gasteiger partial charge in [-0.3, -0.25) is 0 Å². The molecule has 0 atom stereocenters. The monoisotopic (exact) mass is 268 g/mol. The lowest BCUT2D eigenvalue weighted by Crippen LogP contribution is -2.57. The van der Waals surface area contributed by atoms with Gasteiger partial charge < -0.3 is 5.73 Å². The molecular weight excluding hydrogens is 248 g/mol.